The highest BCUT2D eigenvalue weighted by Gasteiger charge is 2.44. The van der Waals surface area contributed by atoms with E-state index in [1.54, 1.807) is 26.6 Å². The third-order valence-corrected chi connectivity index (χ3v) is 10.8. The summed E-state index contributed by atoms with van der Waals surface area (Å²) in [7, 11) is 3.32. The average molecular weight is 747 g/mol. The molecular weight excluding hydrogens is 701 g/mol. The minimum absolute atomic E-state index is 0.00740. The van der Waals surface area contributed by atoms with E-state index in [1.165, 1.54) is 0 Å². The van der Waals surface area contributed by atoms with Crippen molar-refractivity contribution in [3.63, 3.8) is 0 Å². The molecule has 0 saturated heterocycles. The molecule has 11 nitrogen and oxygen atoms in total. The highest BCUT2D eigenvalue weighted by molar-refractivity contribution is 6.01. The maximum absolute atomic E-state index is 16.7. The number of H-pyrrole nitrogens is 2. The van der Waals surface area contributed by atoms with Crippen LogP contribution in [0.4, 0.5) is 11.4 Å². The first-order chi connectivity index (χ1) is 27.5. The van der Waals surface area contributed by atoms with Gasteiger partial charge in [0.2, 0.25) is 0 Å². The summed E-state index contributed by atoms with van der Waals surface area (Å²) >= 11 is 0. The highest BCUT2D eigenvalue weighted by atomic mass is 16.5. The largest absolute Gasteiger partial charge is 0.495 e. The number of aromatic amines is 2. The molecule has 11 heteroatoms. The Bertz CT molecular complexity index is 2400. The third kappa shape index (κ3) is 6.65. The van der Waals surface area contributed by atoms with Crippen molar-refractivity contribution in [2.45, 2.75) is 50.9 Å². The minimum Gasteiger partial charge on any atom is -0.495 e. The molecule has 0 bridgehead atoms. The van der Waals surface area contributed by atoms with Gasteiger partial charge in [-0.2, -0.15) is 10.2 Å². The topological polar surface area (TPSA) is 127 Å². The number of carbonyl (C=O) groups is 1. The lowest BCUT2D eigenvalue weighted by Gasteiger charge is -2.35. The number of nitrogens with one attached hydrogen (secondary N) is 4. The maximum Gasteiger partial charge on any atom is 0.152 e. The van der Waals surface area contributed by atoms with Gasteiger partial charge in [0.05, 0.1) is 60.9 Å². The van der Waals surface area contributed by atoms with Crippen molar-refractivity contribution >= 4 is 39.0 Å². The van der Waals surface area contributed by atoms with Gasteiger partial charge in [-0.15, -0.1) is 0 Å². The number of fused-ring (bicyclic) bond motifs is 2. The van der Waals surface area contributed by atoms with E-state index >= 15 is 4.79 Å². The zero-order chi connectivity index (χ0) is 38.6. The highest BCUT2D eigenvalue weighted by Crippen LogP contribution is 2.47. The molecule has 0 saturated carbocycles. The van der Waals surface area contributed by atoms with Crippen molar-refractivity contribution in [2.24, 2.45) is 0 Å². The van der Waals surface area contributed by atoms with Crippen molar-refractivity contribution < 1.29 is 14.3 Å². The summed E-state index contributed by atoms with van der Waals surface area (Å²) in [4.78, 5) is 23.6. The van der Waals surface area contributed by atoms with Crippen LogP contribution in [0, 0.1) is 0 Å². The first kappa shape index (κ1) is 36.2. The fourth-order valence-electron chi connectivity index (χ4n) is 8.15. The molecule has 0 aliphatic carbocycles. The second kappa shape index (κ2) is 15.9. The Balaban J connectivity index is 1.42. The van der Waals surface area contributed by atoms with Gasteiger partial charge in [-0.05, 0) is 73.5 Å². The van der Waals surface area contributed by atoms with Crippen LogP contribution in [0.3, 0.4) is 0 Å². The second-order valence-electron chi connectivity index (χ2n) is 13.7. The Labute approximate surface area is 325 Å². The van der Waals surface area contributed by atoms with Gasteiger partial charge in [0, 0.05) is 59.7 Å². The van der Waals surface area contributed by atoms with Crippen LogP contribution in [-0.4, -0.2) is 49.5 Å². The zero-order valence-corrected chi connectivity index (χ0v) is 31.9. The van der Waals surface area contributed by atoms with Crippen LogP contribution < -0.4 is 20.1 Å². The van der Waals surface area contributed by atoms with E-state index in [4.69, 9.17) is 19.7 Å². The van der Waals surface area contributed by atoms with Crippen LogP contribution in [-0.2, 0) is 17.9 Å². The van der Waals surface area contributed by atoms with Gasteiger partial charge in [-0.1, -0.05) is 60.7 Å². The van der Waals surface area contributed by atoms with Gasteiger partial charge in [-0.25, -0.2) is 0 Å². The molecule has 56 heavy (non-hydrogen) atoms. The van der Waals surface area contributed by atoms with E-state index in [9.17, 15) is 0 Å². The van der Waals surface area contributed by atoms with Crippen LogP contribution >= 0.6 is 0 Å². The minimum atomic E-state index is -0.753. The predicted molar refractivity (Wildman–Crippen MR) is 222 cm³/mol. The number of anilines is 2. The normalized spacial score (nSPS) is 13.6. The van der Waals surface area contributed by atoms with E-state index in [1.807, 2.05) is 119 Å². The summed E-state index contributed by atoms with van der Waals surface area (Å²) in [6, 6.07) is 34.8. The number of aryl methyl sites for hydroxylation is 2. The SMILES string of the molecule is CCn1nccc1C(Nc1ccccc1OC)C(C(=O)C(c1c[nH]c2ccccc12)C(Nc1ccccc1OC)c1ccnn1CC)c1c[nH]c2ccccc12. The predicted octanol–water partition coefficient (Wildman–Crippen LogP) is 9.24. The lowest BCUT2D eigenvalue weighted by atomic mass is 9.74. The van der Waals surface area contributed by atoms with E-state index in [0.717, 1.165) is 55.7 Å². The van der Waals surface area contributed by atoms with E-state index in [-0.39, 0.29) is 5.78 Å². The Kier molecular flexibility index (Phi) is 10.3. The molecule has 8 aromatic rings. The molecular formula is C45H46N8O3. The van der Waals surface area contributed by atoms with E-state index in [0.29, 0.717) is 24.6 Å². The van der Waals surface area contributed by atoms with Crippen LogP contribution in [0.5, 0.6) is 11.5 Å². The summed E-state index contributed by atoms with van der Waals surface area (Å²) in [6.07, 6.45) is 7.58. The van der Waals surface area contributed by atoms with Gasteiger partial charge >= 0.3 is 0 Å². The van der Waals surface area contributed by atoms with Crippen LogP contribution in [0.25, 0.3) is 21.8 Å². The lowest BCUT2D eigenvalue weighted by molar-refractivity contribution is -0.122. The number of nitrogens with zero attached hydrogens (tertiary/aromatic N) is 4. The van der Waals surface area contributed by atoms with Crippen molar-refractivity contribution in [2.75, 3.05) is 24.9 Å². The van der Waals surface area contributed by atoms with Gasteiger partial charge < -0.3 is 30.1 Å². The first-order valence-corrected chi connectivity index (χ1v) is 19.0. The molecule has 0 aliphatic heterocycles. The number of ketones is 1. The second-order valence-corrected chi connectivity index (χ2v) is 13.7. The average Bonchev–Trinajstić information content (AvgIpc) is 4.08. The Morgan fingerprint density at radius 1 is 0.607 bits per heavy atom. The molecule has 0 fully saturated rings. The van der Waals surface area contributed by atoms with Crippen LogP contribution in [0.2, 0.25) is 0 Å². The number of Topliss-reactive ketones (excluding diaryl/α,β-unsaturated/α-hetero) is 1. The Hall–Kier alpha value is -6.75. The number of rotatable bonds is 16. The standard InChI is InChI=1S/C45H46N8O3/c1-5-52-37(23-25-48-52)43(50-35-19-11-13-21-39(35)55-3)41(31-27-46-33-17-9-7-15-29(31)33)45(54)42(32-28-47-34-18-10-8-16-30(32)34)44(38-24-26-49-53(38)6-2)51-36-20-12-14-22-40(36)56-4/h7-28,41-44,46-47,50-51H,5-6H2,1-4H3. The quantitative estimate of drug-likeness (QED) is 0.0777. The molecule has 4 heterocycles. The molecule has 4 unspecified atom stereocenters. The monoisotopic (exact) mass is 746 g/mol. The summed E-state index contributed by atoms with van der Waals surface area (Å²) in [5, 5.41) is 19.0. The van der Waals surface area contributed by atoms with Crippen LogP contribution in [0.1, 0.15) is 60.3 Å². The number of para-hydroxylation sites is 6. The number of hydrogen-bond acceptors (Lipinski definition) is 7. The van der Waals surface area contributed by atoms with Gasteiger partial charge in [0.1, 0.15) is 11.5 Å². The molecule has 0 amide bonds. The third-order valence-electron chi connectivity index (χ3n) is 10.8. The molecule has 4 atom stereocenters. The number of carbonyl (C=O) groups excluding carboxylic acids is 1. The van der Waals surface area contributed by atoms with E-state index in [2.05, 4.69) is 46.6 Å². The van der Waals surface area contributed by atoms with Crippen molar-refractivity contribution in [3.8, 4) is 11.5 Å². The van der Waals surface area contributed by atoms with Crippen LogP contribution in [0.15, 0.2) is 134 Å². The fourth-order valence-corrected chi connectivity index (χ4v) is 8.15. The van der Waals surface area contributed by atoms with Crippen molar-refractivity contribution in [3.05, 3.63) is 156 Å². The van der Waals surface area contributed by atoms with Crippen molar-refractivity contribution in [1.29, 1.82) is 0 Å². The molecule has 8 rings (SSSR count). The number of ether oxygens (including phenoxy) is 2. The molecule has 0 spiro atoms. The number of hydrogen-bond donors (Lipinski definition) is 4. The van der Waals surface area contributed by atoms with Gasteiger partial charge in [0.15, 0.2) is 5.78 Å². The lowest BCUT2D eigenvalue weighted by Crippen LogP contribution is -2.36. The zero-order valence-electron chi connectivity index (χ0n) is 31.9. The summed E-state index contributed by atoms with van der Waals surface area (Å²) < 4.78 is 15.6. The molecule has 4 N–H and O–H groups in total. The number of benzene rings is 4. The summed E-state index contributed by atoms with van der Waals surface area (Å²) in [6.45, 7) is 5.35. The Morgan fingerprint density at radius 3 is 1.45 bits per heavy atom. The molecule has 0 aliphatic rings. The molecule has 284 valence electrons. The molecule has 4 aromatic heterocycles. The van der Waals surface area contributed by atoms with Gasteiger partial charge in [-0.3, -0.25) is 14.2 Å². The first-order valence-electron chi connectivity index (χ1n) is 19.0. The smallest absolute Gasteiger partial charge is 0.152 e. The van der Waals surface area contributed by atoms with Gasteiger partial charge in [0.25, 0.3) is 0 Å². The fraction of sp³-hybridized carbons (Fsp3) is 0.222. The van der Waals surface area contributed by atoms with Crippen molar-refractivity contribution in [1.82, 2.24) is 29.5 Å². The summed E-state index contributed by atoms with van der Waals surface area (Å²) in [5.41, 5.74) is 6.88. The summed E-state index contributed by atoms with van der Waals surface area (Å²) in [5.74, 6) is -0.178. The molecule has 4 aromatic carbocycles. The Morgan fingerprint density at radius 2 is 1.02 bits per heavy atom. The number of aromatic nitrogens is 6. The number of methoxy groups -OCH3 is 2. The van der Waals surface area contributed by atoms with E-state index < -0.39 is 23.9 Å². The maximum atomic E-state index is 16.7. The molecule has 0 radical (unpaired) electrons.